The summed E-state index contributed by atoms with van der Waals surface area (Å²) in [6, 6.07) is 4.08. The van der Waals surface area contributed by atoms with Crippen LogP contribution in [-0.4, -0.2) is 15.7 Å². The Morgan fingerprint density at radius 3 is 2.05 bits per heavy atom. The summed E-state index contributed by atoms with van der Waals surface area (Å²) in [5.74, 6) is -0.0430. The van der Waals surface area contributed by atoms with E-state index in [4.69, 9.17) is 0 Å². The second kappa shape index (κ2) is 5.07. The third-order valence-electron chi connectivity index (χ3n) is 3.29. The van der Waals surface area contributed by atoms with Gasteiger partial charge < -0.3 is 0 Å². The number of hydrogen-bond acceptors (Lipinski definition) is 2. The third kappa shape index (κ3) is 2.45. The summed E-state index contributed by atoms with van der Waals surface area (Å²) in [4.78, 5) is 12.7. The predicted octanol–water partition coefficient (Wildman–Crippen LogP) is 3.72. The Balaban J connectivity index is 2.60. The average molecular weight is 368 g/mol. The van der Waals surface area contributed by atoms with Crippen molar-refractivity contribution >= 4 is 28.5 Å². The number of nitrogens with zero attached hydrogens (tertiary/aromatic N) is 2. The number of hydrogen-bond donors (Lipinski definition) is 0. The molecule has 0 bridgehead atoms. The average Bonchev–Trinajstić information content (AvgIpc) is 2.55. The molecule has 0 saturated carbocycles. The zero-order valence-corrected chi connectivity index (χ0v) is 14.0. The number of benzene rings is 1. The van der Waals surface area contributed by atoms with Crippen LogP contribution in [0.5, 0.6) is 0 Å². The molecule has 1 aromatic carbocycles. The molecule has 1 aromatic heterocycles. The lowest BCUT2D eigenvalue weighted by Gasteiger charge is -2.11. The SMILES string of the molecule is Cc1cc(C)c(C(=O)n2nc(C)c(I)c2C)c(C)c1. The predicted molar refractivity (Wildman–Crippen MR) is 84.8 cm³/mol. The van der Waals surface area contributed by atoms with Gasteiger partial charge >= 0.3 is 0 Å². The summed E-state index contributed by atoms with van der Waals surface area (Å²) >= 11 is 2.23. The van der Waals surface area contributed by atoms with Crippen LogP contribution >= 0.6 is 22.6 Å². The maximum absolute atomic E-state index is 12.7. The van der Waals surface area contributed by atoms with Crippen molar-refractivity contribution in [3.05, 3.63) is 49.3 Å². The molecule has 0 radical (unpaired) electrons. The molecular formula is C15H17IN2O. The van der Waals surface area contributed by atoms with E-state index in [0.29, 0.717) is 0 Å². The van der Waals surface area contributed by atoms with E-state index in [-0.39, 0.29) is 5.91 Å². The lowest BCUT2D eigenvalue weighted by atomic mass is 9.99. The van der Waals surface area contributed by atoms with E-state index in [1.807, 2.05) is 46.8 Å². The number of rotatable bonds is 1. The van der Waals surface area contributed by atoms with E-state index >= 15 is 0 Å². The molecule has 0 saturated heterocycles. The van der Waals surface area contributed by atoms with Crippen molar-refractivity contribution in [2.24, 2.45) is 0 Å². The molecule has 100 valence electrons. The van der Waals surface area contributed by atoms with Gasteiger partial charge in [0.15, 0.2) is 0 Å². The summed E-state index contributed by atoms with van der Waals surface area (Å²) < 4.78 is 2.57. The molecule has 0 aliphatic rings. The molecule has 0 unspecified atom stereocenters. The van der Waals surface area contributed by atoms with Gasteiger partial charge in [-0.15, -0.1) is 0 Å². The molecule has 2 aromatic rings. The Morgan fingerprint density at radius 1 is 1.11 bits per heavy atom. The number of aryl methyl sites for hydroxylation is 4. The molecule has 0 amide bonds. The van der Waals surface area contributed by atoms with Gasteiger partial charge in [-0.2, -0.15) is 9.78 Å². The summed E-state index contributed by atoms with van der Waals surface area (Å²) in [6.07, 6.45) is 0. The normalized spacial score (nSPS) is 10.8. The van der Waals surface area contributed by atoms with Crippen LogP contribution in [0, 0.1) is 38.2 Å². The molecule has 0 spiro atoms. The summed E-state index contributed by atoms with van der Waals surface area (Å²) in [5.41, 5.74) is 5.74. The van der Waals surface area contributed by atoms with Crippen molar-refractivity contribution in [3.8, 4) is 0 Å². The number of carbonyl (C=O) groups is 1. The molecular weight excluding hydrogens is 351 g/mol. The van der Waals surface area contributed by atoms with Gasteiger partial charge in [0, 0.05) is 5.56 Å². The molecule has 0 aliphatic carbocycles. The van der Waals surface area contributed by atoms with E-state index in [9.17, 15) is 4.79 Å². The number of aromatic nitrogens is 2. The van der Waals surface area contributed by atoms with Crippen LogP contribution in [-0.2, 0) is 0 Å². The monoisotopic (exact) mass is 368 g/mol. The molecule has 0 atom stereocenters. The molecule has 3 nitrogen and oxygen atoms in total. The van der Waals surface area contributed by atoms with Gasteiger partial charge in [0.1, 0.15) is 0 Å². The molecule has 2 rings (SSSR count). The van der Waals surface area contributed by atoms with Crippen LogP contribution in [0.4, 0.5) is 0 Å². The molecule has 0 aliphatic heterocycles. The van der Waals surface area contributed by atoms with Crippen LogP contribution in [0.1, 0.15) is 38.4 Å². The highest BCUT2D eigenvalue weighted by atomic mass is 127. The molecule has 1 heterocycles. The van der Waals surface area contributed by atoms with Crippen LogP contribution in [0.3, 0.4) is 0 Å². The molecule has 4 heteroatoms. The molecule has 0 N–H and O–H groups in total. The summed E-state index contributed by atoms with van der Waals surface area (Å²) in [5, 5.41) is 4.35. The fraction of sp³-hybridized carbons (Fsp3) is 0.333. The number of halogens is 1. The van der Waals surface area contributed by atoms with E-state index in [1.54, 1.807) is 0 Å². The second-order valence-corrected chi connectivity index (χ2v) is 6.05. The van der Waals surface area contributed by atoms with Crippen molar-refractivity contribution in [1.29, 1.82) is 0 Å². The van der Waals surface area contributed by atoms with Crippen molar-refractivity contribution in [1.82, 2.24) is 9.78 Å². The van der Waals surface area contributed by atoms with Gasteiger partial charge in [-0.05, 0) is 68.3 Å². The maximum Gasteiger partial charge on any atom is 0.278 e. The summed E-state index contributed by atoms with van der Waals surface area (Å²) in [7, 11) is 0. The standard InChI is InChI=1S/C15H17IN2O/c1-8-6-9(2)13(10(3)7-8)15(19)18-12(5)14(16)11(4)17-18/h6-7H,1-5H3. The summed E-state index contributed by atoms with van der Waals surface area (Å²) in [6.45, 7) is 9.85. The van der Waals surface area contributed by atoms with Gasteiger partial charge in [0.05, 0.1) is 15.0 Å². The Morgan fingerprint density at radius 2 is 1.63 bits per heavy atom. The lowest BCUT2D eigenvalue weighted by Crippen LogP contribution is -2.18. The zero-order valence-electron chi connectivity index (χ0n) is 11.8. The van der Waals surface area contributed by atoms with Crippen molar-refractivity contribution < 1.29 is 4.79 Å². The fourth-order valence-electron chi connectivity index (χ4n) is 2.44. The maximum atomic E-state index is 12.7. The highest BCUT2D eigenvalue weighted by molar-refractivity contribution is 14.1. The van der Waals surface area contributed by atoms with Gasteiger partial charge in [0.2, 0.25) is 0 Å². The van der Waals surface area contributed by atoms with Crippen molar-refractivity contribution in [2.45, 2.75) is 34.6 Å². The van der Waals surface area contributed by atoms with E-state index in [1.165, 1.54) is 10.2 Å². The Hall–Kier alpha value is -1.17. The first-order chi connectivity index (χ1) is 8.82. The minimum atomic E-state index is -0.0430. The van der Waals surface area contributed by atoms with Gasteiger partial charge in [0.25, 0.3) is 5.91 Å². The lowest BCUT2D eigenvalue weighted by molar-refractivity contribution is 0.0941. The van der Waals surface area contributed by atoms with Crippen LogP contribution < -0.4 is 0 Å². The second-order valence-electron chi connectivity index (χ2n) is 4.98. The van der Waals surface area contributed by atoms with Crippen molar-refractivity contribution in [3.63, 3.8) is 0 Å². The van der Waals surface area contributed by atoms with E-state index in [2.05, 4.69) is 27.7 Å². The highest BCUT2D eigenvalue weighted by Gasteiger charge is 2.19. The Labute approximate surface area is 127 Å². The van der Waals surface area contributed by atoms with E-state index in [0.717, 1.165) is 31.6 Å². The Bertz CT molecular complexity index is 648. The smallest absolute Gasteiger partial charge is 0.267 e. The van der Waals surface area contributed by atoms with E-state index < -0.39 is 0 Å². The van der Waals surface area contributed by atoms with Gasteiger partial charge in [-0.25, -0.2) is 0 Å². The topological polar surface area (TPSA) is 34.9 Å². The highest BCUT2D eigenvalue weighted by Crippen LogP contribution is 2.21. The molecule has 19 heavy (non-hydrogen) atoms. The quantitative estimate of drug-likeness (QED) is 0.720. The Kier molecular flexibility index (Phi) is 3.80. The first kappa shape index (κ1) is 14.2. The minimum Gasteiger partial charge on any atom is -0.267 e. The van der Waals surface area contributed by atoms with Crippen molar-refractivity contribution in [2.75, 3.05) is 0 Å². The first-order valence-corrected chi connectivity index (χ1v) is 7.25. The number of carbonyl (C=O) groups excluding carboxylic acids is 1. The van der Waals surface area contributed by atoms with Crippen LogP contribution in [0.25, 0.3) is 0 Å². The van der Waals surface area contributed by atoms with Gasteiger partial charge in [-0.3, -0.25) is 4.79 Å². The van der Waals surface area contributed by atoms with Crippen LogP contribution in [0.15, 0.2) is 12.1 Å². The fourth-order valence-corrected chi connectivity index (χ4v) is 2.78. The van der Waals surface area contributed by atoms with Gasteiger partial charge in [-0.1, -0.05) is 17.7 Å². The first-order valence-electron chi connectivity index (χ1n) is 6.17. The van der Waals surface area contributed by atoms with Crippen LogP contribution in [0.2, 0.25) is 0 Å². The zero-order chi connectivity index (χ0) is 14.3. The largest absolute Gasteiger partial charge is 0.278 e. The molecule has 0 fully saturated rings. The minimum absolute atomic E-state index is 0.0430. The third-order valence-corrected chi connectivity index (χ3v) is 4.85.